The number of hydrogen-bond acceptors (Lipinski definition) is 1. The van der Waals surface area contributed by atoms with E-state index in [0.717, 1.165) is 36.0 Å². The van der Waals surface area contributed by atoms with Crippen LogP contribution in [0.5, 0.6) is 5.75 Å². The van der Waals surface area contributed by atoms with E-state index < -0.39 is 0 Å². The molecule has 3 rings (SSSR count). The van der Waals surface area contributed by atoms with Crippen molar-refractivity contribution in [2.45, 2.75) is 110 Å². The first-order chi connectivity index (χ1) is 13.8. The Morgan fingerprint density at radius 3 is 1.93 bits per heavy atom. The summed E-state index contributed by atoms with van der Waals surface area (Å²) in [4.78, 5) is 0. The summed E-state index contributed by atoms with van der Waals surface area (Å²) in [5.74, 6) is 4.94. The molecule has 0 heterocycles. The summed E-state index contributed by atoms with van der Waals surface area (Å²) in [5.41, 5.74) is 1.54. The molecule has 158 valence electrons. The van der Waals surface area contributed by atoms with Gasteiger partial charge in [0, 0.05) is 0 Å². The Hall–Kier alpha value is -0.980. The third kappa shape index (κ3) is 6.53. The summed E-state index contributed by atoms with van der Waals surface area (Å²) < 4.78 is 5.88. The summed E-state index contributed by atoms with van der Waals surface area (Å²) in [5, 5.41) is 0. The third-order valence-corrected chi connectivity index (χ3v) is 7.66. The molecule has 0 aromatic heterocycles. The lowest BCUT2D eigenvalue weighted by molar-refractivity contribution is 0.156. The fourth-order valence-corrected chi connectivity index (χ4v) is 5.74. The van der Waals surface area contributed by atoms with Crippen LogP contribution in [0.25, 0.3) is 0 Å². The Morgan fingerprint density at radius 1 is 0.714 bits per heavy atom. The van der Waals surface area contributed by atoms with E-state index >= 15 is 0 Å². The Morgan fingerprint density at radius 2 is 1.32 bits per heavy atom. The molecule has 2 saturated carbocycles. The van der Waals surface area contributed by atoms with Gasteiger partial charge >= 0.3 is 0 Å². The van der Waals surface area contributed by atoms with Gasteiger partial charge < -0.3 is 4.74 Å². The van der Waals surface area contributed by atoms with Gasteiger partial charge in [0.2, 0.25) is 0 Å². The molecule has 1 nitrogen and oxygen atoms in total. The van der Waals surface area contributed by atoms with E-state index in [2.05, 4.69) is 38.1 Å². The van der Waals surface area contributed by atoms with Crippen LogP contribution in [0.1, 0.15) is 115 Å². The monoisotopic (exact) mass is 384 g/mol. The zero-order chi connectivity index (χ0) is 19.6. The first-order valence-electron chi connectivity index (χ1n) is 12.5. The van der Waals surface area contributed by atoms with Crippen molar-refractivity contribution in [3.05, 3.63) is 29.8 Å². The van der Waals surface area contributed by atoms with Crippen LogP contribution in [0.4, 0.5) is 0 Å². The van der Waals surface area contributed by atoms with E-state index in [-0.39, 0.29) is 0 Å². The summed E-state index contributed by atoms with van der Waals surface area (Å²) in [7, 11) is 0. The number of unbranched alkanes of at least 4 members (excludes halogenated alkanes) is 3. The van der Waals surface area contributed by atoms with E-state index in [0.29, 0.717) is 0 Å². The van der Waals surface area contributed by atoms with Crippen molar-refractivity contribution in [1.82, 2.24) is 0 Å². The van der Waals surface area contributed by atoms with Gasteiger partial charge in [-0.2, -0.15) is 0 Å². The fraction of sp³-hybridized carbons (Fsp3) is 0.778. The maximum atomic E-state index is 5.88. The lowest BCUT2D eigenvalue weighted by atomic mass is 9.68. The highest BCUT2D eigenvalue weighted by Crippen LogP contribution is 2.44. The second kappa shape index (κ2) is 11.9. The topological polar surface area (TPSA) is 9.23 Å². The standard InChI is InChI=1S/C27H44O/c1-3-5-7-21-28-27-19-17-26(18-20-27)25-15-13-24(14-16-25)23-11-9-22(10-12-23)8-6-4-2/h17-20,22-25H,3-16,21H2,1-2H3. The minimum absolute atomic E-state index is 0.784. The second-order valence-electron chi connectivity index (χ2n) is 9.66. The molecule has 0 aliphatic heterocycles. The van der Waals surface area contributed by atoms with Gasteiger partial charge in [0.1, 0.15) is 5.75 Å². The van der Waals surface area contributed by atoms with Crippen molar-refractivity contribution in [3.63, 3.8) is 0 Å². The Kier molecular flexibility index (Phi) is 9.22. The molecule has 1 heteroatoms. The molecule has 0 N–H and O–H groups in total. The highest BCUT2D eigenvalue weighted by molar-refractivity contribution is 5.29. The van der Waals surface area contributed by atoms with Crippen molar-refractivity contribution in [2.75, 3.05) is 6.61 Å². The van der Waals surface area contributed by atoms with Crippen molar-refractivity contribution < 1.29 is 4.74 Å². The van der Waals surface area contributed by atoms with Crippen molar-refractivity contribution in [3.8, 4) is 5.75 Å². The minimum Gasteiger partial charge on any atom is -0.494 e. The van der Waals surface area contributed by atoms with Crippen LogP contribution < -0.4 is 4.74 Å². The molecular formula is C27H44O. The van der Waals surface area contributed by atoms with Gasteiger partial charge in [-0.25, -0.2) is 0 Å². The summed E-state index contributed by atoms with van der Waals surface area (Å²) in [6.07, 6.45) is 19.8. The average Bonchev–Trinajstić information content (AvgIpc) is 2.76. The number of benzene rings is 1. The molecule has 28 heavy (non-hydrogen) atoms. The third-order valence-electron chi connectivity index (χ3n) is 7.66. The molecular weight excluding hydrogens is 340 g/mol. The zero-order valence-corrected chi connectivity index (χ0v) is 18.6. The molecule has 0 bridgehead atoms. The number of rotatable bonds is 10. The summed E-state index contributed by atoms with van der Waals surface area (Å²) in [6.45, 7) is 5.43. The molecule has 1 aromatic carbocycles. The largest absolute Gasteiger partial charge is 0.494 e. The minimum atomic E-state index is 0.784. The van der Waals surface area contributed by atoms with Crippen LogP contribution in [0.3, 0.4) is 0 Å². The number of ether oxygens (including phenoxy) is 1. The van der Waals surface area contributed by atoms with Gasteiger partial charge in [0.15, 0.2) is 0 Å². The van der Waals surface area contributed by atoms with Gasteiger partial charge in [-0.1, -0.05) is 70.9 Å². The van der Waals surface area contributed by atoms with Crippen LogP contribution >= 0.6 is 0 Å². The van der Waals surface area contributed by atoms with Crippen LogP contribution in [-0.4, -0.2) is 6.61 Å². The zero-order valence-electron chi connectivity index (χ0n) is 18.6. The van der Waals surface area contributed by atoms with Gasteiger partial charge in [0.05, 0.1) is 6.61 Å². The molecule has 0 amide bonds. The van der Waals surface area contributed by atoms with Crippen LogP contribution in [0.2, 0.25) is 0 Å². The van der Waals surface area contributed by atoms with Crippen LogP contribution in [-0.2, 0) is 0 Å². The maximum Gasteiger partial charge on any atom is 0.119 e. The molecule has 0 atom stereocenters. The predicted molar refractivity (Wildman–Crippen MR) is 121 cm³/mol. The fourth-order valence-electron chi connectivity index (χ4n) is 5.74. The quantitative estimate of drug-likeness (QED) is 0.367. The first-order valence-corrected chi connectivity index (χ1v) is 12.5. The van der Waals surface area contributed by atoms with E-state index in [1.54, 1.807) is 5.56 Å². The van der Waals surface area contributed by atoms with Gasteiger partial charge in [-0.3, -0.25) is 0 Å². The van der Waals surface area contributed by atoms with E-state index in [1.807, 2.05) is 0 Å². The molecule has 0 spiro atoms. The molecule has 0 radical (unpaired) electrons. The van der Waals surface area contributed by atoms with Gasteiger partial charge in [0.25, 0.3) is 0 Å². The van der Waals surface area contributed by atoms with E-state index in [4.69, 9.17) is 4.74 Å². The Balaban J connectivity index is 1.38. The second-order valence-corrected chi connectivity index (χ2v) is 9.66. The Bertz CT molecular complexity index is 518. The smallest absolute Gasteiger partial charge is 0.119 e. The highest BCUT2D eigenvalue weighted by atomic mass is 16.5. The molecule has 0 unspecified atom stereocenters. The van der Waals surface area contributed by atoms with Crippen molar-refractivity contribution in [2.24, 2.45) is 17.8 Å². The summed E-state index contributed by atoms with van der Waals surface area (Å²) >= 11 is 0. The molecule has 1 aromatic rings. The van der Waals surface area contributed by atoms with Crippen LogP contribution in [0.15, 0.2) is 24.3 Å². The lowest BCUT2D eigenvalue weighted by Gasteiger charge is -2.38. The van der Waals surface area contributed by atoms with Gasteiger partial charge in [-0.15, -0.1) is 0 Å². The first kappa shape index (κ1) is 21.7. The normalized spacial score (nSPS) is 28.2. The summed E-state index contributed by atoms with van der Waals surface area (Å²) in [6, 6.07) is 9.06. The molecule has 0 saturated heterocycles. The molecule has 2 aliphatic carbocycles. The SMILES string of the molecule is CCCCCOc1ccc(C2CCC(C3CCC(CCCC)CC3)CC2)cc1. The predicted octanol–water partition coefficient (Wildman–Crippen LogP) is 8.53. The van der Waals surface area contributed by atoms with E-state index in [9.17, 15) is 0 Å². The molecule has 2 aliphatic rings. The van der Waals surface area contributed by atoms with Gasteiger partial charge in [-0.05, 0) is 86.3 Å². The Labute approximate surface area is 174 Å². The van der Waals surface area contributed by atoms with Crippen molar-refractivity contribution >= 4 is 0 Å². The van der Waals surface area contributed by atoms with E-state index in [1.165, 1.54) is 89.9 Å². The van der Waals surface area contributed by atoms with Crippen LogP contribution in [0, 0.1) is 17.8 Å². The maximum absolute atomic E-state index is 5.88. The van der Waals surface area contributed by atoms with Crippen molar-refractivity contribution in [1.29, 1.82) is 0 Å². The lowest BCUT2D eigenvalue weighted by Crippen LogP contribution is -2.25. The number of hydrogen-bond donors (Lipinski definition) is 0. The highest BCUT2D eigenvalue weighted by Gasteiger charge is 2.31. The average molecular weight is 385 g/mol. The molecule has 2 fully saturated rings.